The Labute approximate surface area is 115 Å². The van der Waals surface area contributed by atoms with Gasteiger partial charge < -0.3 is 9.47 Å². The Morgan fingerprint density at radius 1 is 1.26 bits per heavy atom. The molecular weight excluding hydrogens is 244 g/mol. The molecule has 108 valence electrons. The van der Waals surface area contributed by atoms with Crippen LogP contribution < -0.4 is 0 Å². The zero-order chi connectivity index (χ0) is 14.8. The normalized spacial score (nSPS) is 27.5. The van der Waals surface area contributed by atoms with E-state index in [0.717, 1.165) is 0 Å². The monoisotopic (exact) mass is 268 g/mol. The third-order valence-corrected chi connectivity index (χ3v) is 3.28. The average molecular weight is 268 g/mol. The fourth-order valence-electron chi connectivity index (χ4n) is 2.14. The van der Waals surface area contributed by atoms with Gasteiger partial charge in [-0.25, -0.2) is 4.79 Å². The van der Waals surface area contributed by atoms with Crippen molar-refractivity contribution in [1.82, 2.24) is 0 Å². The molecule has 0 unspecified atom stereocenters. The predicted octanol–water partition coefficient (Wildman–Crippen LogP) is 2.86. The van der Waals surface area contributed by atoms with Gasteiger partial charge in [-0.1, -0.05) is 19.9 Å². The molecule has 0 N–H and O–H groups in total. The van der Waals surface area contributed by atoms with Crippen LogP contribution in [0.3, 0.4) is 0 Å². The van der Waals surface area contributed by atoms with E-state index in [1.807, 2.05) is 40.7 Å². The number of ether oxygens (including phenoxy) is 2. The highest BCUT2D eigenvalue weighted by Crippen LogP contribution is 2.32. The molecule has 1 aliphatic carbocycles. The topological polar surface area (TPSA) is 52.6 Å². The Kier molecular flexibility index (Phi) is 4.77. The van der Waals surface area contributed by atoms with E-state index in [1.165, 1.54) is 6.92 Å². The van der Waals surface area contributed by atoms with Gasteiger partial charge in [-0.2, -0.15) is 0 Å². The van der Waals surface area contributed by atoms with Crippen molar-refractivity contribution in [3.05, 3.63) is 11.6 Å². The standard InChI is InChI=1S/C15H24O4/c1-9-7-12(14(17)19-15(4,5)6)8-13(10(9)2)18-11(3)16/h7,9-10,13H,8H2,1-6H3/t9-,10+,13-/m0/s1. The summed E-state index contributed by atoms with van der Waals surface area (Å²) in [6, 6.07) is 0. The number of carbonyl (C=O) groups excluding carboxylic acids is 2. The summed E-state index contributed by atoms with van der Waals surface area (Å²) in [6.07, 6.45) is 2.11. The molecule has 0 amide bonds. The van der Waals surface area contributed by atoms with E-state index in [4.69, 9.17) is 9.47 Å². The quantitative estimate of drug-likeness (QED) is 0.723. The van der Waals surface area contributed by atoms with Crippen LogP contribution >= 0.6 is 0 Å². The molecule has 4 heteroatoms. The van der Waals surface area contributed by atoms with E-state index in [-0.39, 0.29) is 29.9 Å². The molecular formula is C15H24O4. The fraction of sp³-hybridized carbons (Fsp3) is 0.733. The minimum Gasteiger partial charge on any atom is -0.462 e. The molecule has 0 saturated carbocycles. The Morgan fingerprint density at radius 3 is 2.32 bits per heavy atom. The smallest absolute Gasteiger partial charge is 0.334 e. The second kappa shape index (κ2) is 5.76. The molecule has 3 atom stereocenters. The van der Waals surface area contributed by atoms with Crippen molar-refractivity contribution in [1.29, 1.82) is 0 Å². The zero-order valence-electron chi connectivity index (χ0n) is 12.6. The molecule has 0 saturated heterocycles. The molecule has 4 nitrogen and oxygen atoms in total. The van der Waals surface area contributed by atoms with E-state index in [2.05, 4.69) is 0 Å². The van der Waals surface area contributed by atoms with E-state index < -0.39 is 5.60 Å². The molecule has 0 aromatic rings. The van der Waals surface area contributed by atoms with Crippen molar-refractivity contribution in [2.45, 2.75) is 59.7 Å². The third kappa shape index (κ3) is 4.69. The minimum absolute atomic E-state index is 0.181. The molecule has 19 heavy (non-hydrogen) atoms. The van der Waals surface area contributed by atoms with Crippen molar-refractivity contribution in [2.75, 3.05) is 0 Å². The van der Waals surface area contributed by atoms with Gasteiger partial charge in [0.05, 0.1) is 0 Å². The summed E-state index contributed by atoms with van der Waals surface area (Å²) >= 11 is 0. The third-order valence-electron chi connectivity index (χ3n) is 3.28. The van der Waals surface area contributed by atoms with Gasteiger partial charge in [-0.3, -0.25) is 4.79 Å². The lowest BCUT2D eigenvalue weighted by molar-refractivity contribution is -0.155. The molecule has 1 rings (SSSR count). The highest BCUT2D eigenvalue weighted by Gasteiger charge is 2.33. The Bertz CT molecular complexity index is 389. The first-order valence-electron chi connectivity index (χ1n) is 6.71. The maximum atomic E-state index is 12.1. The Balaban J connectivity index is 2.82. The summed E-state index contributed by atoms with van der Waals surface area (Å²) < 4.78 is 10.7. The van der Waals surface area contributed by atoms with Crippen molar-refractivity contribution in [3.8, 4) is 0 Å². The Morgan fingerprint density at radius 2 is 1.84 bits per heavy atom. The summed E-state index contributed by atoms with van der Waals surface area (Å²) in [6.45, 7) is 11.0. The van der Waals surface area contributed by atoms with Crippen LogP contribution in [0, 0.1) is 11.8 Å². The molecule has 0 aromatic heterocycles. The summed E-state index contributed by atoms with van der Waals surface area (Å²) in [4.78, 5) is 23.2. The SMILES string of the molecule is CC(=O)O[C@H]1CC(C(=O)OC(C)(C)C)=C[C@H](C)[C@H]1C. The van der Waals surface area contributed by atoms with Crippen LogP contribution in [-0.2, 0) is 19.1 Å². The first kappa shape index (κ1) is 15.7. The van der Waals surface area contributed by atoms with Crippen molar-refractivity contribution >= 4 is 11.9 Å². The first-order chi connectivity index (χ1) is 8.60. The number of hydrogen-bond donors (Lipinski definition) is 0. The van der Waals surface area contributed by atoms with Crippen molar-refractivity contribution < 1.29 is 19.1 Å². The maximum absolute atomic E-state index is 12.1. The second-order valence-corrected chi connectivity index (χ2v) is 6.26. The van der Waals surface area contributed by atoms with Crippen LogP contribution in [0.5, 0.6) is 0 Å². The van der Waals surface area contributed by atoms with Gasteiger partial charge >= 0.3 is 11.9 Å². The number of hydrogen-bond acceptors (Lipinski definition) is 4. The van der Waals surface area contributed by atoms with Crippen LogP contribution in [0.4, 0.5) is 0 Å². The largest absolute Gasteiger partial charge is 0.462 e. The van der Waals surface area contributed by atoms with Crippen LogP contribution in [0.25, 0.3) is 0 Å². The average Bonchev–Trinajstić information content (AvgIpc) is 2.21. The molecule has 0 heterocycles. The predicted molar refractivity (Wildman–Crippen MR) is 72.4 cm³/mol. The number of allylic oxidation sites excluding steroid dienone is 1. The molecule has 0 aromatic carbocycles. The van der Waals surface area contributed by atoms with E-state index in [9.17, 15) is 9.59 Å². The molecule has 0 radical (unpaired) electrons. The number of carbonyl (C=O) groups is 2. The lowest BCUT2D eigenvalue weighted by Gasteiger charge is -2.32. The van der Waals surface area contributed by atoms with E-state index in [0.29, 0.717) is 12.0 Å². The maximum Gasteiger partial charge on any atom is 0.334 e. The minimum atomic E-state index is -0.513. The lowest BCUT2D eigenvalue weighted by Crippen LogP contribution is -2.35. The number of esters is 2. The van der Waals surface area contributed by atoms with Gasteiger partial charge in [0, 0.05) is 18.9 Å². The molecule has 0 bridgehead atoms. The highest BCUT2D eigenvalue weighted by atomic mass is 16.6. The van der Waals surface area contributed by atoms with E-state index in [1.54, 1.807) is 0 Å². The molecule has 0 aliphatic heterocycles. The van der Waals surface area contributed by atoms with Gasteiger partial charge in [0.15, 0.2) is 0 Å². The van der Waals surface area contributed by atoms with Crippen LogP contribution in [0.15, 0.2) is 11.6 Å². The van der Waals surface area contributed by atoms with E-state index >= 15 is 0 Å². The lowest BCUT2D eigenvalue weighted by atomic mass is 9.80. The molecule has 1 aliphatic rings. The van der Waals surface area contributed by atoms with Gasteiger partial charge in [0.25, 0.3) is 0 Å². The fourth-order valence-corrected chi connectivity index (χ4v) is 2.14. The van der Waals surface area contributed by atoms with Crippen LogP contribution in [0.1, 0.15) is 48.0 Å². The highest BCUT2D eigenvalue weighted by molar-refractivity contribution is 5.89. The van der Waals surface area contributed by atoms with Crippen LogP contribution in [-0.4, -0.2) is 23.6 Å². The van der Waals surface area contributed by atoms with Gasteiger partial charge in [-0.05, 0) is 32.6 Å². The summed E-state index contributed by atoms with van der Waals surface area (Å²) in [5, 5.41) is 0. The van der Waals surface area contributed by atoms with Gasteiger partial charge in [0.2, 0.25) is 0 Å². The van der Waals surface area contributed by atoms with Crippen LogP contribution in [0.2, 0.25) is 0 Å². The first-order valence-corrected chi connectivity index (χ1v) is 6.71. The summed E-state index contributed by atoms with van der Waals surface area (Å²) in [5.41, 5.74) is 0.0908. The van der Waals surface area contributed by atoms with Crippen molar-refractivity contribution in [3.63, 3.8) is 0 Å². The van der Waals surface area contributed by atoms with Crippen molar-refractivity contribution in [2.24, 2.45) is 11.8 Å². The van der Waals surface area contributed by atoms with Gasteiger partial charge in [0.1, 0.15) is 11.7 Å². The zero-order valence-corrected chi connectivity index (χ0v) is 12.6. The number of rotatable bonds is 2. The molecule has 0 fully saturated rings. The second-order valence-electron chi connectivity index (χ2n) is 6.26. The molecule has 0 spiro atoms. The van der Waals surface area contributed by atoms with Gasteiger partial charge in [-0.15, -0.1) is 0 Å². The summed E-state index contributed by atoms with van der Waals surface area (Å²) in [7, 11) is 0. The summed E-state index contributed by atoms with van der Waals surface area (Å²) in [5.74, 6) is -0.242. The Hall–Kier alpha value is -1.32.